The molecule has 4 rings (SSSR count). The summed E-state index contributed by atoms with van der Waals surface area (Å²) in [5, 5.41) is 8.45. The van der Waals surface area contributed by atoms with Crippen LogP contribution in [0.15, 0.2) is 71.0 Å². The third kappa shape index (κ3) is 5.83. The number of anilines is 2. The number of hydrogen-bond donors (Lipinski definition) is 3. The van der Waals surface area contributed by atoms with Crippen molar-refractivity contribution in [3.8, 4) is 0 Å². The number of carbonyl (C=O) groups is 1. The molecule has 2 heterocycles. The van der Waals surface area contributed by atoms with Gasteiger partial charge in [0.05, 0.1) is 22.0 Å². The second kappa shape index (κ2) is 10.9. The third-order valence-electron chi connectivity index (χ3n) is 4.95. The molecular weight excluding hydrogens is 462 g/mol. The Balaban J connectivity index is 0.00000289. The zero-order valence-corrected chi connectivity index (χ0v) is 20.3. The van der Waals surface area contributed by atoms with Gasteiger partial charge in [-0.05, 0) is 53.4 Å². The molecule has 0 spiro atoms. The number of aliphatic imine (C=N–C) groups is 1. The fraction of sp³-hybridized carbons (Fsp3) is 0.217. The first kappa shape index (κ1) is 24.1. The lowest BCUT2D eigenvalue weighted by atomic mass is 10.2. The van der Waals surface area contributed by atoms with E-state index in [9.17, 15) is 4.79 Å². The summed E-state index contributed by atoms with van der Waals surface area (Å²) in [5.74, 6) is 1.19. The standard InChI is InChI=1S/C23H25N5OS2.ClH/c1-28(2)18-10-8-16(9-11-18)26-22(29)19-14-31-23(27-19)15-5-3-6-17(13-15)25-21(24)20-7-4-12-30-20;/h3-13,19,23,27H,14H2,1-2H3,(H2,24,25)(H,26,29);1H/t19-,23?;/m0./s1. The lowest BCUT2D eigenvalue weighted by Crippen LogP contribution is -2.38. The van der Waals surface area contributed by atoms with Crippen LogP contribution in [0.2, 0.25) is 0 Å². The topological polar surface area (TPSA) is 82.8 Å². The number of nitrogens with one attached hydrogen (secondary N) is 2. The normalized spacial score (nSPS) is 18.1. The van der Waals surface area contributed by atoms with E-state index < -0.39 is 0 Å². The average Bonchev–Trinajstić information content (AvgIpc) is 3.47. The summed E-state index contributed by atoms with van der Waals surface area (Å²) in [5.41, 5.74) is 9.89. The van der Waals surface area contributed by atoms with Crippen molar-refractivity contribution in [2.24, 2.45) is 10.7 Å². The van der Waals surface area contributed by atoms with E-state index in [2.05, 4.69) is 15.6 Å². The number of hydrogen-bond acceptors (Lipinski definition) is 6. The number of thiophene rings is 1. The number of nitrogens with zero attached hydrogens (tertiary/aromatic N) is 2. The Kier molecular flexibility index (Phi) is 8.20. The molecular formula is C23H26ClN5OS2. The summed E-state index contributed by atoms with van der Waals surface area (Å²) < 4.78 is 0. The van der Waals surface area contributed by atoms with Gasteiger partial charge < -0.3 is 16.0 Å². The van der Waals surface area contributed by atoms with Gasteiger partial charge in [-0.1, -0.05) is 18.2 Å². The number of amides is 1. The monoisotopic (exact) mass is 487 g/mol. The van der Waals surface area contributed by atoms with Crippen LogP contribution in [-0.2, 0) is 4.79 Å². The summed E-state index contributed by atoms with van der Waals surface area (Å²) in [6, 6.07) is 19.5. The maximum absolute atomic E-state index is 12.7. The van der Waals surface area contributed by atoms with E-state index in [1.54, 1.807) is 23.1 Å². The van der Waals surface area contributed by atoms with Crippen LogP contribution in [0.1, 0.15) is 15.8 Å². The second-order valence-corrected chi connectivity index (χ2v) is 9.52. The van der Waals surface area contributed by atoms with E-state index in [4.69, 9.17) is 5.73 Å². The molecule has 1 unspecified atom stereocenters. The Morgan fingerprint density at radius 1 is 1.16 bits per heavy atom. The average molecular weight is 488 g/mol. The van der Waals surface area contributed by atoms with Crippen molar-refractivity contribution in [2.45, 2.75) is 11.4 Å². The maximum atomic E-state index is 12.7. The summed E-state index contributed by atoms with van der Waals surface area (Å²) in [6.07, 6.45) is 0. The van der Waals surface area contributed by atoms with Crippen LogP contribution in [0, 0.1) is 0 Å². The largest absolute Gasteiger partial charge is 0.383 e. The van der Waals surface area contributed by atoms with Crippen molar-refractivity contribution in [1.82, 2.24) is 5.32 Å². The first-order valence-corrected chi connectivity index (χ1v) is 11.9. The van der Waals surface area contributed by atoms with Crippen molar-refractivity contribution in [1.29, 1.82) is 0 Å². The molecule has 168 valence electrons. The number of carbonyl (C=O) groups excluding carboxylic acids is 1. The number of thioether (sulfide) groups is 1. The van der Waals surface area contributed by atoms with Gasteiger partial charge in [-0.15, -0.1) is 35.5 Å². The molecule has 1 aromatic heterocycles. The summed E-state index contributed by atoms with van der Waals surface area (Å²) in [6.45, 7) is 0. The number of amidine groups is 1. The van der Waals surface area contributed by atoms with Gasteiger partial charge in [0.2, 0.25) is 5.91 Å². The predicted octanol–water partition coefficient (Wildman–Crippen LogP) is 4.62. The lowest BCUT2D eigenvalue weighted by Gasteiger charge is -2.15. The highest BCUT2D eigenvalue weighted by Crippen LogP contribution is 2.34. The minimum Gasteiger partial charge on any atom is -0.383 e. The molecule has 2 atom stereocenters. The molecule has 9 heteroatoms. The minimum atomic E-state index is -0.258. The molecule has 0 saturated carbocycles. The van der Waals surface area contributed by atoms with Gasteiger partial charge in [-0.2, -0.15) is 0 Å². The molecule has 0 aliphatic carbocycles. The molecule has 4 N–H and O–H groups in total. The SMILES string of the molecule is CN(C)c1ccc(NC(=O)[C@@H]2CSC(c3cccc(N=C(N)c4cccs4)c3)N2)cc1.Cl. The van der Waals surface area contributed by atoms with Crippen LogP contribution >= 0.6 is 35.5 Å². The Morgan fingerprint density at radius 2 is 1.94 bits per heavy atom. The van der Waals surface area contributed by atoms with Gasteiger partial charge in [-0.3, -0.25) is 10.1 Å². The van der Waals surface area contributed by atoms with Gasteiger partial charge in [-0.25, -0.2) is 4.99 Å². The molecule has 1 aliphatic heterocycles. The van der Waals surface area contributed by atoms with Gasteiger partial charge >= 0.3 is 0 Å². The van der Waals surface area contributed by atoms with E-state index in [0.29, 0.717) is 11.6 Å². The molecule has 3 aromatic rings. The van der Waals surface area contributed by atoms with Gasteiger partial charge in [0.25, 0.3) is 0 Å². The summed E-state index contributed by atoms with van der Waals surface area (Å²) >= 11 is 3.28. The Hall–Kier alpha value is -2.52. The zero-order chi connectivity index (χ0) is 21.8. The molecule has 2 aromatic carbocycles. The first-order valence-electron chi connectivity index (χ1n) is 9.93. The molecule has 1 fully saturated rings. The van der Waals surface area contributed by atoms with E-state index in [-0.39, 0.29) is 29.7 Å². The van der Waals surface area contributed by atoms with Crippen molar-refractivity contribution in [2.75, 3.05) is 30.1 Å². The Morgan fingerprint density at radius 3 is 2.62 bits per heavy atom. The highest BCUT2D eigenvalue weighted by Gasteiger charge is 2.30. The van der Waals surface area contributed by atoms with Crippen molar-refractivity contribution < 1.29 is 4.79 Å². The molecule has 6 nitrogen and oxygen atoms in total. The summed E-state index contributed by atoms with van der Waals surface area (Å²) in [4.78, 5) is 20.2. The second-order valence-electron chi connectivity index (χ2n) is 7.43. The van der Waals surface area contributed by atoms with E-state index >= 15 is 0 Å². The van der Waals surface area contributed by atoms with Crippen LogP contribution < -0.4 is 21.3 Å². The molecule has 0 radical (unpaired) electrons. The van der Waals surface area contributed by atoms with Crippen molar-refractivity contribution in [3.05, 3.63) is 76.5 Å². The van der Waals surface area contributed by atoms with Crippen LogP contribution in [-0.4, -0.2) is 37.6 Å². The van der Waals surface area contributed by atoms with Crippen molar-refractivity contribution in [3.63, 3.8) is 0 Å². The predicted molar refractivity (Wildman–Crippen MR) is 140 cm³/mol. The molecule has 32 heavy (non-hydrogen) atoms. The van der Waals surface area contributed by atoms with Crippen molar-refractivity contribution >= 4 is 64.3 Å². The third-order valence-corrected chi connectivity index (χ3v) is 7.11. The van der Waals surface area contributed by atoms with E-state index in [1.165, 1.54) is 0 Å². The lowest BCUT2D eigenvalue weighted by molar-refractivity contribution is -0.117. The molecule has 0 bridgehead atoms. The number of benzene rings is 2. The van der Waals surface area contributed by atoms with Gasteiger partial charge in [0, 0.05) is 31.2 Å². The Labute approximate surface area is 202 Å². The molecule has 1 amide bonds. The summed E-state index contributed by atoms with van der Waals surface area (Å²) in [7, 11) is 3.98. The van der Waals surface area contributed by atoms with Gasteiger partial charge in [0.1, 0.15) is 5.84 Å². The van der Waals surface area contributed by atoms with Crippen LogP contribution in [0.5, 0.6) is 0 Å². The molecule has 1 saturated heterocycles. The highest BCUT2D eigenvalue weighted by atomic mass is 35.5. The van der Waals surface area contributed by atoms with E-state index in [0.717, 1.165) is 27.5 Å². The number of rotatable bonds is 6. The van der Waals surface area contributed by atoms with Crippen LogP contribution in [0.4, 0.5) is 17.1 Å². The highest BCUT2D eigenvalue weighted by molar-refractivity contribution is 7.99. The number of halogens is 1. The van der Waals surface area contributed by atoms with Gasteiger partial charge in [0.15, 0.2) is 0 Å². The number of nitrogens with two attached hydrogens (primary N) is 1. The van der Waals surface area contributed by atoms with E-state index in [1.807, 2.05) is 85.0 Å². The van der Waals surface area contributed by atoms with Crippen LogP contribution in [0.25, 0.3) is 0 Å². The Bertz CT molecular complexity index is 1070. The minimum absolute atomic E-state index is 0. The first-order chi connectivity index (χ1) is 15.0. The molecule has 1 aliphatic rings. The van der Waals surface area contributed by atoms with Crippen LogP contribution in [0.3, 0.4) is 0 Å². The smallest absolute Gasteiger partial charge is 0.242 e. The zero-order valence-electron chi connectivity index (χ0n) is 17.8. The fourth-order valence-corrected chi connectivity index (χ4v) is 5.12. The maximum Gasteiger partial charge on any atom is 0.242 e. The quantitative estimate of drug-likeness (QED) is 0.349. The fourth-order valence-electron chi connectivity index (χ4n) is 3.26.